The minimum atomic E-state index is -0.103. The van der Waals surface area contributed by atoms with Crippen LogP contribution in [0.5, 0.6) is 5.75 Å². The molecular formula is C26H22N2O. The summed E-state index contributed by atoms with van der Waals surface area (Å²) in [6.45, 7) is 4.54. The first kappa shape index (κ1) is 17.5. The van der Waals surface area contributed by atoms with Gasteiger partial charge < -0.3 is 10.0 Å². The topological polar surface area (TPSA) is 36.4 Å². The lowest BCUT2D eigenvalue weighted by atomic mass is 9.73. The summed E-state index contributed by atoms with van der Waals surface area (Å²) in [7, 11) is 0. The van der Waals surface area contributed by atoms with Crippen molar-refractivity contribution >= 4 is 17.1 Å². The normalized spacial score (nSPS) is 14.2. The van der Waals surface area contributed by atoms with E-state index in [1.54, 1.807) is 18.5 Å². The maximum Gasteiger partial charge on any atom is 0.118 e. The van der Waals surface area contributed by atoms with Crippen LogP contribution in [-0.4, -0.2) is 10.1 Å². The van der Waals surface area contributed by atoms with Crippen LogP contribution < -0.4 is 4.90 Å². The second kappa shape index (κ2) is 6.49. The number of hydrogen-bond acceptors (Lipinski definition) is 3. The molecule has 0 spiro atoms. The molecule has 0 unspecified atom stereocenters. The van der Waals surface area contributed by atoms with Crippen LogP contribution in [0.25, 0.3) is 11.1 Å². The van der Waals surface area contributed by atoms with E-state index in [-0.39, 0.29) is 11.2 Å². The Morgan fingerprint density at radius 3 is 1.93 bits per heavy atom. The number of rotatable bonds is 2. The van der Waals surface area contributed by atoms with Crippen molar-refractivity contribution in [3.63, 3.8) is 0 Å². The third-order valence-corrected chi connectivity index (χ3v) is 5.81. The Bertz CT molecular complexity index is 1150. The summed E-state index contributed by atoms with van der Waals surface area (Å²) in [4.78, 5) is 6.36. The van der Waals surface area contributed by atoms with Gasteiger partial charge in [0, 0.05) is 23.9 Å². The number of aromatic nitrogens is 1. The number of anilines is 3. The van der Waals surface area contributed by atoms with Crippen LogP contribution in [0.2, 0.25) is 0 Å². The molecule has 0 saturated heterocycles. The maximum absolute atomic E-state index is 10.5. The van der Waals surface area contributed by atoms with Crippen LogP contribution >= 0.6 is 0 Å². The van der Waals surface area contributed by atoms with Crippen LogP contribution in [0, 0.1) is 0 Å². The summed E-state index contributed by atoms with van der Waals surface area (Å²) >= 11 is 0. The third-order valence-electron chi connectivity index (χ3n) is 5.81. The SMILES string of the molecule is CC1(C)c2ccccc2N(c2cc(O)cc(-c3ccncc3)c2)c2ccccc21. The summed E-state index contributed by atoms with van der Waals surface area (Å²) in [5.74, 6) is 0.245. The largest absolute Gasteiger partial charge is 0.508 e. The predicted octanol–water partition coefficient (Wildman–Crippen LogP) is 6.56. The van der Waals surface area contributed by atoms with Gasteiger partial charge in [0.2, 0.25) is 0 Å². The van der Waals surface area contributed by atoms with E-state index in [1.807, 2.05) is 18.2 Å². The van der Waals surface area contributed by atoms with Crippen molar-refractivity contribution in [2.45, 2.75) is 19.3 Å². The fraction of sp³-hybridized carbons (Fsp3) is 0.115. The number of aromatic hydroxyl groups is 1. The first-order chi connectivity index (χ1) is 14.1. The molecule has 1 aliphatic heterocycles. The van der Waals surface area contributed by atoms with E-state index in [2.05, 4.69) is 78.3 Å². The summed E-state index contributed by atoms with van der Waals surface area (Å²) < 4.78 is 0. The zero-order valence-corrected chi connectivity index (χ0v) is 16.5. The summed E-state index contributed by atoms with van der Waals surface area (Å²) in [5.41, 5.74) is 7.64. The quantitative estimate of drug-likeness (QED) is 0.429. The van der Waals surface area contributed by atoms with Crippen molar-refractivity contribution in [2.24, 2.45) is 0 Å². The van der Waals surface area contributed by atoms with E-state index < -0.39 is 0 Å². The Balaban J connectivity index is 1.77. The van der Waals surface area contributed by atoms with Gasteiger partial charge in [0.15, 0.2) is 0 Å². The summed E-state index contributed by atoms with van der Waals surface area (Å²) in [6.07, 6.45) is 3.54. The van der Waals surface area contributed by atoms with Gasteiger partial charge in [-0.15, -0.1) is 0 Å². The number of nitrogens with zero attached hydrogens (tertiary/aromatic N) is 2. The number of phenolic OH excluding ortho intramolecular Hbond substituents is 1. The molecule has 0 radical (unpaired) electrons. The predicted molar refractivity (Wildman–Crippen MR) is 118 cm³/mol. The Morgan fingerprint density at radius 1 is 0.724 bits per heavy atom. The average molecular weight is 378 g/mol. The molecule has 29 heavy (non-hydrogen) atoms. The lowest BCUT2D eigenvalue weighted by molar-refractivity contribution is 0.475. The first-order valence-corrected chi connectivity index (χ1v) is 9.79. The lowest BCUT2D eigenvalue weighted by Gasteiger charge is -2.42. The van der Waals surface area contributed by atoms with Gasteiger partial charge >= 0.3 is 0 Å². The number of para-hydroxylation sites is 2. The van der Waals surface area contributed by atoms with Crippen LogP contribution in [0.15, 0.2) is 91.3 Å². The molecule has 1 aromatic heterocycles. The Morgan fingerprint density at radius 2 is 1.31 bits per heavy atom. The third kappa shape index (κ3) is 2.78. The maximum atomic E-state index is 10.5. The lowest BCUT2D eigenvalue weighted by Crippen LogP contribution is -2.30. The van der Waals surface area contributed by atoms with E-state index in [9.17, 15) is 5.11 Å². The minimum absolute atomic E-state index is 0.103. The standard InChI is InChI=1S/C26H22N2O/c1-26(2)22-7-3-5-9-24(22)28(25-10-6-4-8-23(25)26)20-15-19(16-21(29)17-20)18-11-13-27-14-12-18/h3-17,29H,1-2H3. The molecule has 142 valence electrons. The molecule has 3 heteroatoms. The highest BCUT2D eigenvalue weighted by Gasteiger charge is 2.36. The van der Waals surface area contributed by atoms with Crippen molar-refractivity contribution < 1.29 is 5.11 Å². The molecule has 0 aliphatic carbocycles. The summed E-state index contributed by atoms with van der Waals surface area (Å²) in [6, 6.07) is 26.7. The van der Waals surface area contributed by atoms with E-state index in [4.69, 9.17) is 0 Å². The molecule has 0 atom stereocenters. The Hall–Kier alpha value is -3.59. The van der Waals surface area contributed by atoms with Crippen molar-refractivity contribution in [2.75, 3.05) is 4.90 Å². The molecule has 1 aliphatic rings. The highest BCUT2D eigenvalue weighted by molar-refractivity contribution is 5.87. The molecular weight excluding hydrogens is 356 g/mol. The van der Waals surface area contributed by atoms with E-state index in [1.165, 1.54) is 11.1 Å². The molecule has 0 amide bonds. The molecule has 0 bridgehead atoms. The van der Waals surface area contributed by atoms with E-state index in [0.29, 0.717) is 0 Å². The Kier molecular flexibility index (Phi) is 3.92. The van der Waals surface area contributed by atoms with Gasteiger partial charge in [-0.3, -0.25) is 4.98 Å². The van der Waals surface area contributed by atoms with E-state index >= 15 is 0 Å². The highest BCUT2D eigenvalue weighted by Crippen LogP contribution is 2.52. The molecule has 5 rings (SSSR count). The van der Waals surface area contributed by atoms with Gasteiger partial charge in [-0.1, -0.05) is 50.2 Å². The van der Waals surface area contributed by atoms with Crippen molar-refractivity contribution in [1.29, 1.82) is 0 Å². The van der Waals surface area contributed by atoms with Crippen molar-refractivity contribution in [3.8, 4) is 16.9 Å². The van der Waals surface area contributed by atoms with E-state index in [0.717, 1.165) is 28.2 Å². The van der Waals surface area contributed by atoms with Gasteiger partial charge in [0.1, 0.15) is 5.75 Å². The second-order valence-corrected chi connectivity index (χ2v) is 7.97. The van der Waals surface area contributed by atoms with Crippen molar-refractivity contribution in [3.05, 3.63) is 102 Å². The zero-order chi connectivity index (χ0) is 20.0. The minimum Gasteiger partial charge on any atom is -0.508 e. The summed E-state index contributed by atoms with van der Waals surface area (Å²) in [5, 5.41) is 10.5. The number of fused-ring (bicyclic) bond motifs is 2. The zero-order valence-electron chi connectivity index (χ0n) is 16.5. The molecule has 3 aromatic carbocycles. The average Bonchev–Trinajstić information content (AvgIpc) is 2.74. The van der Waals surface area contributed by atoms with Crippen LogP contribution in [0.3, 0.4) is 0 Å². The van der Waals surface area contributed by atoms with Gasteiger partial charge in [0.05, 0.1) is 17.1 Å². The molecule has 0 fully saturated rings. The Labute approximate surface area is 170 Å². The number of pyridine rings is 1. The molecule has 0 saturated carbocycles. The van der Waals surface area contributed by atoms with Crippen LogP contribution in [-0.2, 0) is 5.41 Å². The highest BCUT2D eigenvalue weighted by atomic mass is 16.3. The van der Waals surface area contributed by atoms with Crippen LogP contribution in [0.1, 0.15) is 25.0 Å². The van der Waals surface area contributed by atoms with Gasteiger partial charge in [-0.2, -0.15) is 0 Å². The molecule has 3 nitrogen and oxygen atoms in total. The molecule has 1 N–H and O–H groups in total. The van der Waals surface area contributed by atoms with Crippen LogP contribution in [0.4, 0.5) is 17.1 Å². The molecule has 4 aromatic rings. The fourth-order valence-corrected chi connectivity index (χ4v) is 4.38. The van der Waals surface area contributed by atoms with Gasteiger partial charge in [-0.05, 0) is 58.7 Å². The monoisotopic (exact) mass is 378 g/mol. The van der Waals surface area contributed by atoms with Gasteiger partial charge in [0.25, 0.3) is 0 Å². The number of hydrogen-bond donors (Lipinski definition) is 1. The fourth-order valence-electron chi connectivity index (χ4n) is 4.38. The second-order valence-electron chi connectivity index (χ2n) is 7.97. The number of benzene rings is 3. The smallest absolute Gasteiger partial charge is 0.118 e. The number of phenols is 1. The van der Waals surface area contributed by atoms with Gasteiger partial charge in [-0.25, -0.2) is 0 Å². The molecule has 2 heterocycles. The first-order valence-electron chi connectivity index (χ1n) is 9.79. The van der Waals surface area contributed by atoms with Crippen molar-refractivity contribution in [1.82, 2.24) is 4.98 Å².